The van der Waals surface area contributed by atoms with Crippen LogP contribution in [0, 0.1) is 0 Å². The van der Waals surface area contributed by atoms with Crippen LogP contribution < -0.4 is 5.73 Å². The Morgan fingerprint density at radius 1 is 1.04 bits per heavy atom. The van der Waals surface area contributed by atoms with E-state index in [1.165, 1.54) is 0 Å². The predicted octanol–water partition coefficient (Wildman–Crippen LogP) is 5.32. The summed E-state index contributed by atoms with van der Waals surface area (Å²) in [7, 11) is 0. The van der Waals surface area contributed by atoms with Gasteiger partial charge < -0.3 is 10.3 Å². The third-order valence-corrected chi connectivity index (χ3v) is 4.70. The van der Waals surface area contributed by atoms with E-state index >= 15 is 0 Å². The van der Waals surface area contributed by atoms with Crippen LogP contribution in [0.5, 0.6) is 0 Å². The first-order valence-electron chi connectivity index (χ1n) is 8.02. The third-order valence-electron chi connectivity index (χ3n) is 4.20. The Morgan fingerprint density at radius 3 is 2.65 bits per heavy atom. The van der Waals surface area contributed by atoms with E-state index in [9.17, 15) is 0 Å². The van der Waals surface area contributed by atoms with Crippen LogP contribution in [0.2, 0.25) is 0 Å². The average Bonchev–Trinajstić information content (AvgIpc) is 3.06. The zero-order valence-electron chi connectivity index (χ0n) is 13.8. The highest BCUT2D eigenvalue weighted by Crippen LogP contribution is 2.35. The second-order valence-corrected chi connectivity index (χ2v) is 6.81. The average molecular weight is 431 g/mol. The molecule has 0 aliphatic rings. The van der Waals surface area contributed by atoms with Crippen molar-refractivity contribution < 1.29 is 4.52 Å². The normalized spacial score (nSPS) is 11.9. The summed E-state index contributed by atoms with van der Waals surface area (Å²) < 4.78 is 6.45. The highest BCUT2D eigenvalue weighted by atomic mass is 79.9. The summed E-state index contributed by atoms with van der Waals surface area (Å²) in [6, 6.07) is 19.6. The minimum atomic E-state index is -0.187. The van der Waals surface area contributed by atoms with Crippen molar-refractivity contribution in [3.05, 3.63) is 82.6 Å². The molecule has 2 aromatic heterocycles. The number of fused-ring (bicyclic) bond motifs is 1. The summed E-state index contributed by atoms with van der Waals surface area (Å²) in [6.45, 7) is 0. The first kappa shape index (κ1) is 18.6. The first-order chi connectivity index (χ1) is 12.2. The highest BCUT2D eigenvalue weighted by Gasteiger charge is 2.18. The summed E-state index contributed by atoms with van der Waals surface area (Å²) in [6.07, 6.45) is 2.45. The molecule has 1 atom stereocenters. The van der Waals surface area contributed by atoms with Crippen LogP contribution in [0.3, 0.4) is 0 Å². The molecule has 0 aliphatic heterocycles. The fourth-order valence-corrected chi connectivity index (χ4v) is 3.35. The Kier molecular flexibility index (Phi) is 5.71. The van der Waals surface area contributed by atoms with Gasteiger partial charge in [0.1, 0.15) is 5.69 Å². The molecule has 0 aliphatic carbocycles. The second-order valence-electron chi connectivity index (χ2n) is 5.89. The van der Waals surface area contributed by atoms with E-state index in [-0.39, 0.29) is 18.4 Å². The molecular weight excluding hydrogens is 414 g/mol. The van der Waals surface area contributed by atoms with Crippen LogP contribution in [-0.2, 0) is 6.42 Å². The number of halogens is 2. The lowest BCUT2D eigenvalue weighted by molar-refractivity contribution is 0.459. The van der Waals surface area contributed by atoms with E-state index in [0.717, 1.165) is 38.0 Å². The third kappa shape index (κ3) is 3.65. The van der Waals surface area contributed by atoms with Gasteiger partial charge in [-0.3, -0.25) is 4.98 Å². The molecular formula is C20H17BrClN3O. The molecule has 0 amide bonds. The van der Waals surface area contributed by atoms with Gasteiger partial charge in [0.25, 0.3) is 0 Å². The lowest BCUT2D eigenvalue weighted by atomic mass is 9.94. The largest absolute Gasteiger partial charge is 0.356 e. The molecule has 0 spiro atoms. The zero-order chi connectivity index (χ0) is 17.2. The van der Waals surface area contributed by atoms with Crippen LogP contribution >= 0.6 is 28.3 Å². The Labute approximate surface area is 166 Å². The standard InChI is InChI=1S/C20H16BrN3O.ClH/c21-13-8-9-15(18(22)12-14-5-3-4-10-23-14)17(11-13)20-16-6-1-2-7-19(16)25-24-20;/h1-11,18H,12,22H2;1H. The van der Waals surface area contributed by atoms with Crippen LogP contribution in [-0.4, -0.2) is 10.1 Å². The van der Waals surface area contributed by atoms with Crippen LogP contribution in [0.1, 0.15) is 17.3 Å². The molecule has 0 radical (unpaired) electrons. The van der Waals surface area contributed by atoms with E-state index in [2.05, 4.69) is 26.1 Å². The summed E-state index contributed by atoms with van der Waals surface area (Å²) in [5, 5.41) is 5.27. The fraction of sp³-hybridized carbons (Fsp3) is 0.100. The monoisotopic (exact) mass is 429 g/mol. The SMILES string of the molecule is Cl.NC(Cc1ccccn1)c1ccc(Br)cc1-c1noc2ccccc12. The van der Waals surface area contributed by atoms with Crippen molar-refractivity contribution in [2.45, 2.75) is 12.5 Å². The number of hydrogen-bond donors (Lipinski definition) is 1. The number of aromatic nitrogens is 2. The number of hydrogen-bond acceptors (Lipinski definition) is 4. The Hall–Kier alpha value is -2.21. The van der Waals surface area contributed by atoms with E-state index in [0.29, 0.717) is 6.42 Å². The molecule has 2 aromatic carbocycles. The molecule has 0 fully saturated rings. The quantitative estimate of drug-likeness (QED) is 0.476. The van der Waals surface area contributed by atoms with Gasteiger partial charge in [-0.25, -0.2) is 0 Å². The molecule has 132 valence electrons. The van der Waals surface area contributed by atoms with E-state index < -0.39 is 0 Å². The topological polar surface area (TPSA) is 64.9 Å². The van der Waals surface area contributed by atoms with Crippen molar-refractivity contribution in [1.82, 2.24) is 10.1 Å². The molecule has 2 N–H and O–H groups in total. The Morgan fingerprint density at radius 2 is 1.85 bits per heavy atom. The van der Waals surface area contributed by atoms with Crippen LogP contribution in [0.4, 0.5) is 0 Å². The van der Waals surface area contributed by atoms with Crippen molar-refractivity contribution in [1.29, 1.82) is 0 Å². The van der Waals surface area contributed by atoms with Crippen molar-refractivity contribution in [2.75, 3.05) is 0 Å². The van der Waals surface area contributed by atoms with Crippen molar-refractivity contribution in [3.63, 3.8) is 0 Å². The molecule has 6 heteroatoms. The van der Waals surface area contributed by atoms with Crippen LogP contribution in [0.15, 0.2) is 75.9 Å². The molecule has 1 unspecified atom stereocenters. The lowest BCUT2D eigenvalue weighted by Crippen LogP contribution is -2.15. The van der Waals surface area contributed by atoms with Gasteiger partial charge in [0.05, 0.1) is 0 Å². The molecule has 0 saturated carbocycles. The summed E-state index contributed by atoms with van der Waals surface area (Å²) in [4.78, 5) is 4.38. The van der Waals surface area contributed by atoms with Gasteiger partial charge in [0.2, 0.25) is 0 Å². The molecule has 4 aromatic rings. The minimum Gasteiger partial charge on any atom is -0.356 e. The van der Waals surface area contributed by atoms with Crippen LogP contribution in [0.25, 0.3) is 22.2 Å². The van der Waals surface area contributed by atoms with Crippen molar-refractivity contribution >= 4 is 39.3 Å². The number of para-hydroxylation sites is 1. The van der Waals surface area contributed by atoms with Gasteiger partial charge in [0.15, 0.2) is 5.58 Å². The number of nitrogens with two attached hydrogens (primary N) is 1. The summed E-state index contributed by atoms with van der Waals surface area (Å²) in [5.41, 5.74) is 11.1. The highest BCUT2D eigenvalue weighted by molar-refractivity contribution is 9.10. The van der Waals surface area contributed by atoms with E-state index in [1.807, 2.05) is 60.7 Å². The Balaban J connectivity index is 0.00000196. The molecule has 0 saturated heterocycles. The van der Waals surface area contributed by atoms with E-state index in [4.69, 9.17) is 10.3 Å². The number of nitrogens with zero attached hydrogens (tertiary/aromatic N) is 2. The van der Waals surface area contributed by atoms with Gasteiger partial charge in [-0.05, 0) is 42.0 Å². The van der Waals surface area contributed by atoms with Crippen molar-refractivity contribution in [2.24, 2.45) is 5.73 Å². The lowest BCUT2D eigenvalue weighted by Gasteiger charge is -2.16. The molecule has 4 nitrogen and oxygen atoms in total. The number of rotatable bonds is 4. The van der Waals surface area contributed by atoms with Gasteiger partial charge in [-0.15, -0.1) is 12.4 Å². The predicted molar refractivity (Wildman–Crippen MR) is 109 cm³/mol. The zero-order valence-corrected chi connectivity index (χ0v) is 16.2. The van der Waals surface area contributed by atoms with Gasteiger partial charge in [-0.1, -0.05) is 45.4 Å². The van der Waals surface area contributed by atoms with E-state index in [1.54, 1.807) is 6.20 Å². The maximum Gasteiger partial charge on any atom is 0.167 e. The van der Waals surface area contributed by atoms with Gasteiger partial charge in [-0.2, -0.15) is 0 Å². The molecule has 2 heterocycles. The second kappa shape index (κ2) is 7.99. The number of pyridine rings is 1. The minimum absolute atomic E-state index is 0. The fourth-order valence-electron chi connectivity index (χ4n) is 2.99. The smallest absolute Gasteiger partial charge is 0.167 e. The van der Waals surface area contributed by atoms with Gasteiger partial charge in [0, 0.05) is 39.8 Å². The first-order valence-corrected chi connectivity index (χ1v) is 8.81. The maximum absolute atomic E-state index is 6.51. The summed E-state index contributed by atoms with van der Waals surface area (Å²) in [5.74, 6) is 0. The maximum atomic E-state index is 6.51. The van der Waals surface area contributed by atoms with Crippen molar-refractivity contribution in [3.8, 4) is 11.3 Å². The molecule has 4 rings (SSSR count). The summed E-state index contributed by atoms with van der Waals surface area (Å²) >= 11 is 3.55. The molecule has 26 heavy (non-hydrogen) atoms. The number of benzene rings is 2. The Bertz CT molecular complexity index is 1020. The molecule has 0 bridgehead atoms. The van der Waals surface area contributed by atoms with Gasteiger partial charge >= 0.3 is 0 Å².